The zero-order chi connectivity index (χ0) is 20.4. The molecule has 0 radical (unpaired) electrons. The van der Waals surface area contributed by atoms with Gasteiger partial charge in [-0.3, -0.25) is 9.59 Å². The summed E-state index contributed by atoms with van der Waals surface area (Å²) < 4.78 is 18.7. The molecular weight excluding hydrogens is 373 g/mol. The first-order valence-electron chi connectivity index (χ1n) is 9.40. The molecule has 0 spiro atoms. The lowest BCUT2D eigenvalue weighted by Gasteiger charge is -2.34. The highest BCUT2D eigenvalue weighted by atomic mass is 19.1. The Balaban J connectivity index is 1.48. The number of amides is 2. The van der Waals surface area contributed by atoms with Crippen LogP contribution >= 0.6 is 0 Å². The molecule has 4 rings (SSSR count). The van der Waals surface area contributed by atoms with Crippen molar-refractivity contribution in [3.63, 3.8) is 0 Å². The van der Waals surface area contributed by atoms with E-state index in [4.69, 9.17) is 4.52 Å². The van der Waals surface area contributed by atoms with Gasteiger partial charge < -0.3 is 14.3 Å². The Morgan fingerprint density at radius 3 is 2.24 bits per heavy atom. The van der Waals surface area contributed by atoms with Crippen molar-refractivity contribution >= 4 is 11.8 Å². The van der Waals surface area contributed by atoms with Crippen LogP contribution in [0.3, 0.4) is 0 Å². The maximum absolute atomic E-state index is 13.4. The van der Waals surface area contributed by atoms with Crippen molar-refractivity contribution in [3.8, 4) is 11.3 Å². The molecule has 29 heavy (non-hydrogen) atoms. The highest BCUT2D eigenvalue weighted by Crippen LogP contribution is 2.26. The van der Waals surface area contributed by atoms with Crippen LogP contribution in [-0.2, 0) is 0 Å². The first kappa shape index (κ1) is 18.9. The summed E-state index contributed by atoms with van der Waals surface area (Å²) in [5.41, 5.74) is 2.09. The molecule has 1 fully saturated rings. The molecule has 148 valence electrons. The normalized spacial score (nSPS) is 14.1. The van der Waals surface area contributed by atoms with Crippen LogP contribution in [0.5, 0.6) is 0 Å². The molecule has 1 aliphatic rings. The number of benzene rings is 2. The van der Waals surface area contributed by atoms with Gasteiger partial charge in [0.25, 0.3) is 11.8 Å². The fourth-order valence-electron chi connectivity index (χ4n) is 3.49. The number of rotatable bonds is 3. The van der Waals surface area contributed by atoms with Crippen LogP contribution < -0.4 is 0 Å². The van der Waals surface area contributed by atoms with E-state index in [2.05, 4.69) is 5.16 Å². The molecule has 1 saturated heterocycles. The van der Waals surface area contributed by atoms with Crippen LogP contribution in [0.4, 0.5) is 4.39 Å². The number of halogens is 1. The summed E-state index contributed by atoms with van der Waals surface area (Å²) in [5.74, 6) is -0.378. The Bertz CT molecular complexity index is 1040. The van der Waals surface area contributed by atoms with Crippen molar-refractivity contribution in [1.29, 1.82) is 0 Å². The van der Waals surface area contributed by atoms with E-state index < -0.39 is 5.82 Å². The number of nitrogens with zero attached hydrogens (tertiary/aromatic N) is 3. The Hall–Kier alpha value is -3.48. The standard InChI is InChI=1S/C22H20FN3O3/c1-15-19(20(24-29-15)16-6-3-2-4-7-16)22(28)26-12-10-25(11-13-26)21(27)17-8-5-9-18(23)14-17/h2-9,14H,10-13H2,1H3. The molecule has 0 atom stereocenters. The minimum atomic E-state index is -0.443. The molecule has 6 nitrogen and oxygen atoms in total. The van der Waals surface area contributed by atoms with E-state index in [0.29, 0.717) is 48.8 Å². The molecule has 1 aromatic heterocycles. The second-order valence-electron chi connectivity index (χ2n) is 6.92. The lowest BCUT2D eigenvalue weighted by Crippen LogP contribution is -2.50. The molecule has 2 aromatic carbocycles. The maximum atomic E-state index is 13.4. The summed E-state index contributed by atoms with van der Waals surface area (Å²) in [6.07, 6.45) is 0. The summed E-state index contributed by atoms with van der Waals surface area (Å²) in [7, 11) is 0. The van der Waals surface area contributed by atoms with Gasteiger partial charge >= 0.3 is 0 Å². The van der Waals surface area contributed by atoms with Crippen LogP contribution in [0.25, 0.3) is 11.3 Å². The van der Waals surface area contributed by atoms with E-state index in [1.165, 1.54) is 18.2 Å². The van der Waals surface area contributed by atoms with Crippen molar-refractivity contribution in [2.75, 3.05) is 26.2 Å². The predicted molar refractivity (Wildman–Crippen MR) is 105 cm³/mol. The van der Waals surface area contributed by atoms with Gasteiger partial charge in [-0.2, -0.15) is 0 Å². The van der Waals surface area contributed by atoms with Crippen molar-refractivity contribution in [2.45, 2.75) is 6.92 Å². The van der Waals surface area contributed by atoms with Crippen molar-refractivity contribution in [1.82, 2.24) is 15.0 Å². The largest absolute Gasteiger partial charge is 0.360 e. The van der Waals surface area contributed by atoms with E-state index in [-0.39, 0.29) is 11.8 Å². The minimum Gasteiger partial charge on any atom is -0.360 e. The highest BCUT2D eigenvalue weighted by molar-refractivity contribution is 6.01. The summed E-state index contributed by atoms with van der Waals surface area (Å²) in [6, 6.07) is 15.1. The zero-order valence-electron chi connectivity index (χ0n) is 16.0. The fourth-order valence-corrected chi connectivity index (χ4v) is 3.49. The van der Waals surface area contributed by atoms with Crippen molar-refractivity contribution in [2.24, 2.45) is 0 Å². The third kappa shape index (κ3) is 3.76. The number of hydrogen-bond donors (Lipinski definition) is 0. The lowest BCUT2D eigenvalue weighted by molar-refractivity contribution is 0.0534. The number of aromatic nitrogens is 1. The van der Waals surface area contributed by atoms with Crippen LogP contribution in [0, 0.1) is 12.7 Å². The molecule has 0 saturated carbocycles. The van der Waals surface area contributed by atoms with Gasteiger partial charge in [0.1, 0.15) is 22.8 Å². The van der Waals surface area contributed by atoms with Crippen molar-refractivity contribution < 1.29 is 18.5 Å². The highest BCUT2D eigenvalue weighted by Gasteiger charge is 2.30. The Morgan fingerprint density at radius 2 is 1.59 bits per heavy atom. The van der Waals surface area contributed by atoms with Crippen LogP contribution in [-0.4, -0.2) is 52.9 Å². The number of aryl methyl sites for hydroxylation is 1. The summed E-state index contributed by atoms with van der Waals surface area (Å²) in [4.78, 5) is 29.1. The van der Waals surface area contributed by atoms with E-state index in [9.17, 15) is 14.0 Å². The molecule has 2 heterocycles. The van der Waals surface area contributed by atoms with E-state index in [0.717, 1.165) is 5.56 Å². The Morgan fingerprint density at radius 1 is 0.931 bits per heavy atom. The summed E-state index contributed by atoms with van der Waals surface area (Å²) >= 11 is 0. The average molecular weight is 393 g/mol. The van der Waals surface area contributed by atoms with Gasteiger partial charge in [0.05, 0.1) is 0 Å². The summed E-state index contributed by atoms with van der Waals surface area (Å²) in [6.45, 7) is 3.26. The number of hydrogen-bond acceptors (Lipinski definition) is 4. The monoisotopic (exact) mass is 393 g/mol. The smallest absolute Gasteiger partial charge is 0.259 e. The van der Waals surface area contributed by atoms with Gasteiger partial charge in [-0.25, -0.2) is 4.39 Å². The molecule has 0 bridgehead atoms. The molecular formula is C22H20FN3O3. The Labute approximate surface area is 167 Å². The van der Waals surface area contributed by atoms with Gasteiger partial charge in [0, 0.05) is 37.3 Å². The number of carbonyl (C=O) groups is 2. The quantitative estimate of drug-likeness (QED) is 0.684. The van der Waals surface area contributed by atoms with E-state index >= 15 is 0 Å². The fraction of sp³-hybridized carbons (Fsp3) is 0.227. The second kappa shape index (κ2) is 7.87. The number of carbonyl (C=O) groups excluding carboxylic acids is 2. The molecule has 0 unspecified atom stereocenters. The van der Waals surface area contributed by atoms with Gasteiger partial charge in [0.2, 0.25) is 0 Å². The van der Waals surface area contributed by atoms with Gasteiger partial charge in [0.15, 0.2) is 0 Å². The molecule has 0 N–H and O–H groups in total. The van der Waals surface area contributed by atoms with E-state index in [1.807, 2.05) is 30.3 Å². The first-order valence-corrected chi connectivity index (χ1v) is 9.40. The van der Waals surface area contributed by atoms with Gasteiger partial charge in [-0.15, -0.1) is 0 Å². The Kier molecular flexibility index (Phi) is 5.12. The average Bonchev–Trinajstić information content (AvgIpc) is 3.15. The lowest BCUT2D eigenvalue weighted by atomic mass is 10.0. The van der Waals surface area contributed by atoms with Crippen LogP contribution in [0.2, 0.25) is 0 Å². The molecule has 7 heteroatoms. The summed E-state index contributed by atoms with van der Waals surface area (Å²) in [5, 5.41) is 4.07. The topological polar surface area (TPSA) is 66.7 Å². The zero-order valence-corrected chi connectivity index (χ0v) is 16.0. The van der Waals surface area contributed by atoms with Gasteiger partial charge in [-0.05, 0) is 25.1 Å². The third-order valence-electron chi connectivity index (χ3n) is 5.05. The maximum Gasteiger partial charge on any atom is 0.259 e. The first-order chi connectivity index (χ1) is 14.0. The molecule has 2 amide bonds. The number of piperazine rings is 1. The predicted octanol–water partition coefficient (Wildman–Crippen LogP) is 3.39. The van der Waals surface area contributed by atoms with Crippen molar-refractivity contribution in [3.05, 3.63) is 77.3 Å². The van der Waals surface area contributed by atoms with Crippen LogP contribution in [0.15, 0.2) is 59.1 Å². The van der Waals surface area contributed by atoms with Crippen LogP contribution in [0.1, 0.15) is 26.5 Å². The molecule has 1 aliphatic heterocycles. The minimum absolute atomic E-state index is 0.166. The SMILES string of the molecule is Cc1onc(-c2ccccc2)c1C(=O)N1CCN(C(=O)c2cccc(F)c2)CC1. The van der Waals surface area contributed by atoms with E-state index in [1.54, 1.807) is 22.8 Å². The molecule has 0 aliphatic carbocycles. The third-order valence-corrected chi connectivity index (χ3v) is 5.05. The van der Waals surface area contributed by atoms with Gasteiger partial charge in [-0.1, -0.05) is 41.6 Å². The second-order valence-corrected chi connectivity index (χ2v) is 6.92. The molecule has 3 aromatic rings.